The van der Waals surface area contributed by atoms with E-state index in [2.05, 4.69) is 10.6 Å². The van der Waals surface area contributed by atoms with Crippen LogP contribution in [0.4, 0.5) is 5.69 Å². The van der Waals surface area contributed by atoms with Gasteiger partial charge >= 0.3 is 0 Å². The summed E-state index contributed by atoms with van der Waals surface area (Å²) in [4.78, 5) is 50.2. The first-order chi connectivity index (χ1) is 13.5. The van der Waals surface area contributed by atoms with Gasteiger partial charge < -0.3 is 11.1 Å². The van der Waals surface area contributed by atoms with Gasteiger partial charge in [-0.2, -0.15) is 0 Å². The molecule has 28 heavy (non-hydrogen) atoms. The van der Waals surface area contributed by atoms with Crippen LogP contribution in [0.3, 0.4) is 0 Å². The summed E-state index contributed by atoms with van der Waals surface area (Å²) in [6.45, 7) is 1.41. The van der Waals surface area contributed by atoms with Crippen LogP contribution in [0.1, 0.15) is 65.7 Å². The Bertz CT molecular complexity index is 792. The maximum atomic E-state index is 12.9. The highest BCUT2D eigenvalue weighted by Crippen LogP contribution is 2.32. The van der Waals surface area contributed by atoms with E-state index in [0.717, 1.165) is 37.0 Å². The van der Waals surface area contributed by atoms with E-state index in [1.807, 2.05) is 0 Å². The third-order valence-corrected chi connectivity index (χ3v) is 5.16. The number of amides is 4. The maximum Gasteiger partial charge on any atom is 0.264 e. The average molecular weight is 386 g/mol. The fourth-order valence-corrected chi connectivity index (χ4v) is 3.68. The van der Waals surface area contributed by atoms with Crippen LogP contribution in [0.5, 0.6) is 0 Å². The number of fused-ring (bicyclic) bond motifs is 1. The Balaban J connectivity index is 1.66. The van der Waals surface area contributed by atoms with Crippen LogP contribution < -0.4 is 16.4 Å². The minimum atomic E-state index is -0.944. The van der Waals surface area contributed by atoms with Crippen molar-refractivity contribution in [2.45, 2.75) is 51.0 Å². The summed E-state index contributed by atoms with van der Waals surface area (Å²) in [6, 6.07) is 4.15. The lowest BCUT2D eigenvalue weighted by atomic mass is 10.0. The molecule has 2 aliphatic heterocycles. The van der Waals surface area contributed by atoms with Crippen molar-refractivity contribution in [3.8, 4) is 0 Å². The lowest BCUT2D eigenvalue weighted by molar-refractivity contribution is -0.136. The van der Waals surface area contributed by atoms with Crippen molar-refractivity contribution < 1.29 is 19.2 Å². The van der Waals surface area contributed by atoms with E-state index in [-0.39, 0.29) is 18.7 Å². The molecule has 1 saturated heterocycles. The zero-order chi connectivity index (χ0) is 20.1. The fraction of sp³-hybridized carbons (Fsp3) is 0.500. The van der Waals surface area contributed by atoms with Crippen molar-refractivity contribution >= 4 is 29.3 Å². The van der Waals surface area contributed by atoms with Gasteiger partial charge in [0, 0.05) is 18.7 Å². The van der Waals surface area contributed by atoms with Crippen molar-refractivity contribution in [3.63, 3.8) is 0 Å². The molecule has 0 bridgehead atoms. The molecule has 1 unspecified atom stereocenters. The van der Waals surface area contributed by atoms with E-state index in [1.54, 1.807) is 18.2 Å². The number of hydrogen-bond donors (Lipinski definition) is 3. The van der Waals surface area contributed by atoms with Gasteiger partial charge in [-0.05, 0) is 37.9 Å². The van der Waals surface area contributed by atoms with Gasteiger partial charge in [0.2, 0.25) is 11.8 Å². The molecule has 4 amide bonds. The second-order valence-corrected chi connectivity index (χ2v) is 7.16. The van der Waals surface area contributed by atoms with Crippen LogP contribution in [-0.4, -0.2) is 47.7 Å². The topological polar surface area (TPSA) is 122 Å². The highest BCUT2D eigenvalue weighted by molar-refractivity contribution is 6.25. The Morgan fingerprint density at radius 2 is 1.79 bits per heavy atom. The number of benzene rings is 1. The van der Waals surface area contributed by atoms with Gasteiger partial charge in [-0.1, -0.05) is 25.3 Å². The third-order valence-electron chi connectivity index (χ3n) is 5.16. The van der Waals surface area contributed by atoms with E-state index in [1.165, 1.54) is 0 Å². The predicted molar refractivity (Wildman–Crippen MR) is 104 cm³/mol. The molecule has 1 aromatic rings. The first-order valence-corrected chi connectivity index (χ1v) is 9.83. The van der Waals surface area contributed by atoms with E-state index in [4.69, 9.17) is 5.73 Å². The molecule has 0 spiro atoms. The molecule has 4 N–H and O–H groups in total. The second-order valence-electron chi connectivity index (χ2n) is 7.16. The molecule has 1 atom stereocenters. The molecule has 8 nitrogen and oxygen atoms in total. The van der Waals surface area contributed by atoms with Crippen molar-refractivity contribution in [1.29, 1.82) is 0 Å². The predicted octanol–water partition coefficient (Wildman–Crippen LogP) is 1.41. The van der Waals surface area contributed by atoms with E-state index in [9.17, 15) is 19.2 Å². The summed E-state index contributed by atoms with van der Waals surface area (Å²) in [5.41, 5.74) is 6.69. The molecule has 0 saturated carbocycles. The third kappa shape index (κ3) is 4.06. The van der Waals surface area contributed by atoms with Gasteiger partial charge in [0.1, 0.15) is 6.04 Å². The molecule has 0 aliphatic carbocycles. The number of unbranched alkanes of at least 4 members (excludes halogenated alkanes) is 4. The number of nitrogens with two attached hydrogens (primary N) is 1. The molecule has 1 aromatic carbocycles. The number of hydrogen-bond acceptors (Lipinski definition) is 6. The quantitative estimate of drug-likeness (QED) is 0.436. The maximum absolute atomic E-state index is 12.9. The van der Waals surface area contributed by atoms with Crippen molar-refractivity contribution in [3.05, 3.63) is 29.3 Å². The second kappa shape index (κ2) is 8.97. The minimum Gasteiger partial charge on any atom is -0.384 e. The standard InChI is InChI=1S/C20H26N4O4/c21-11-4-2-1-3-5-12-22-14-8-6-7-13-17(14)20(28)24(19(13)27)15-9-10-16(25)23-18(15)26/h6-8,15,22H,1-5,9-12,21H2,(H,23,25,26). The molecule has 150 valence electrons. The van der Waals surface area contributed by atoms with Crippen LogP contribution in [-0.2, 0) is 9.59 Å². The van der Waals surface area contributed by atoms with Gasteiger partial charge in [-0.3, -0.25) is 29.4 Å². The van der Waals surface area contributed by atoms with E-state index < -0.39 is 23.8 Å². The van der Waals surface area contributed by atoms with E-state index in [0.29, 0.717) is 29.9 Å². The summed E-state index contributed by atoms with van der Waals surface area (Å²) in [5, 5.41) is 5.45. The number of carbonyl (C=O) groups excluding carboxylic acids is 4. The highest BCUT2D eigenvalue weighted by Gasteiger charge is 2.45. The number of anilines is 1. The summed E-state index contributed by atoms with van der Waals surface area (Å²) in [7, 11) is 0. The van der Waals surface area contributed by atoms with E-state index >= 15 is 0 Å². The summed E-state index contributed by atoms with van der Waals surface area (Å²) >= 11 is 0. The number of rotatable bonds is 9. The van der Waals surface area contributed by atoms with Crippen molar-refractivity contribution in [2.24, 2.45) is 5.73 Å². The molecule has 0 aromatic heterocycles. The van der Waals surface area contributed by atoms with Gasteiger partial charge in [0.05, 0.1) is 11.1 Å². The normalized spacial score (nSPS) is 19.0. The molecular formula is C20H26N4O4. The van der Waals surface area contributed by atoms with Crippen LogP contribution >= 0.6 is 0 Å². The first-order valence-electron chi connectivity index (χ1n) is 9.83. The highest BCUT2D eigenvalue weighted by atomic mass is 16.2. The molecule has 1 fully saturated rings. The first kappa shape index (κ1) is 20.0. The Morgan fingerprint density at radius 1 is 1.04 bits per heavy atom. The van der Waals surface area contributed by atoms with Crippen LogP contribution in [0.15, 0.2) is 18.2 Å². The number of nitrogens with one attached hydrogen (secondary N) is 2. The number of imide groups is 2. The van der Waals surface area contributed by atoms with Crippen molar-refractivity contribution in [2.75, 3.05) is 18.4 Å². The molecule has 2 heterocycles. The molecule has 8 heteroatoms. The van der Waals surface area contributed by atoms with Crippen LogP contribution in [0.2, 0.25) is 0 Å². The van der Waals surface area contributed by atoms with Gasteiger partial charge in [-0.25, -0.2) is 0 Å². The smallest absolute Gasteiger partial charge is 0.264 e. The van der Waals surface area contributed by atoms with Crippen LogP contribution in [0.25, 0.3) is 0 Å². The molecule has 0 radical (unpaired) electrons. The minimum absolute atomic E-state index is 0.110. The summed E-state index contributed by atoms with van der Waals surface area (Å²) in [5.74, 6) is -1.95. The molecule has 2 aliphatic rings. The largest absolute Gasteiger partial charge is 0.384 e. The zero-order valence-corrected chi connectivity index (χ0v) is 15.8. The molecular weight excluding hydrogens is 360 g/mol. The van der Waals surface area contributed by atoms with Crippen molar-refractivity contribution in [1.82, 2.24) is 10.2 Å². The van der Waals surface area contributed by atoms with Gasteiger partial charge in [0.25, 0.3) is 11.8 Å². The van der Waals surface area contributed by atoms with Gasteiger partial charge in [0.15, 0.2) is 0 Å². The Morgan fingerprint density at radius 3 is 2.54 bits per heavy atom. The fourth-order valence-electron chi connectivity index (χ4n) is 3.68. The zero-order valence-electron chi connectivity index (χ0n) is 15.8. The molecule has 3 rings (SSSR count). The number of piperidine rings is 1. The van der Waals surface area contributed by atoms with Crippen LogP contribution in [0, 0.1) is 0 Å². The lowest BCUT2D eigenvalue weighted by Crippen LogP contribution is -2.54. The Labute approximate surface area is 163 Å². The average Bonchev–Trinajstić information content (AvgIpc) is 2.93. The summed E-state index contributed by atoms with van der Waals surface area (Å²) in [6.07, 6.45) is 5.55. The Hall–Kier alpha value is -2.74. The van der Waals surface area contributed by atoms with Gasteiger partial charge in [-0.15, -0.1) is 0 Å². The number of carbonyl (C=O) groups is 4. The monoisotopic (exact) mass is 386 g/mol. The summed E-state index contributed by atoms with van der Waals surface area (Å²) < 4.78 is 0. The SMILES string of the molecule is NCCCCCCCNc1cccc2c1C(=O)N(C1CCC(=O)NC1=O)C2=O. The Kier molecular flexibility index (Phi) is 6.41. The number of nitrogens with zero attached hydrogens (tertiary/aromatic N) is 1. The lowest BCUT2D eigenvalue weighted by Gasteiger charge is -2.27.